The summed E-state index contributed by atoms with van der Waals surface area (Å²) < 4.78 is 17.0. The highest BCUT2D eigenvalue weighted by Crippen LogP contribution is 2.83. The number of hydrogen-bond donors (Lipinski definition) is 1. The van der Waals surface area contributed by atoms with Crippen molar-refractivity contribution < 1.29 is 36.3 Å². The standard InChI is InChI=1S/C24H45O4PSi.BrH/c1-22(2,3)29(23(4,5)6,24(7,8)9)20-17-18(25)13-14-19(20)28-15-12-16-30-21(26-10)27-11;/h13-14,17,21H,12,15-16,30H2,1-11H3;1H. The van der Waals surface area contributed by atoms with Crippen molar-refractivity contribution in [3.63, 3.8) is 0 Å². The van der Waals surface area contributed by atoms with Gasteiger partial charge in [-0.3, -0.25) is 0 Å². The van der Waals surface area contributed by atoms with E-state index in [-0.39, 0.29) is 38.4 Å². The minimum Gasteiger partial charge on any atom is -1.00 e. The lowest BCUT2D eigenvalue weighted by molar-refractivity contribution is -0.0441. The Morgan fingerprint density at radius 1 is 0.903 bits per heavy atom. The lowest BCUT2D eigenvalue weighted by Gasteiger charge is -2.54. The van der Waals surface area contributed by atoms with E-state index in [0.717, 1.165) is 18.2 Å². The molecule has 0 saturated heterocycles. The molecule has 4 nitrogen and oxygen atoms in total. The number of benzene rings is 1. The van der Waals surface area contributed by atoms with Crippen LogP contribution in [0.2, 0.25) is 6.04 Å². The van der Waals surface area contributed by atoms with E-state index < -0.39 is 16.8 Å². The Balaban J connectivity index is 0.00000900. The Morgan fingerprint density at radius 3 is 1.81 bits per heavy atom. The maximum absolute atomic E-state index is 10.5. The maximum Gasteiger partial charge on any atom is 0.161 e. The van der Waals surface area contributed by atoms with Gasteiger partial charge >= 0.3 is 0 Å². The van der Waals surface area contributed by atoms with E-state index in [1.807, 2.05) is 12.1 Å². The van der Waals surface area contributed by atoms with Crippen molar-refractivity contribution in [1.29, 1.82) is 0 Å². The summed E-state index contributed by atoms with van der Waals surface area (Å²) in [5, 5.41) is 11.8. The number of halogens is 1. The van der Waals surface area contributed by atoms with Crippen LogP contribution in [-0.2, 0) is 9.47 Å². The second kappa shape index (κ2) is 11.8. The van der Waals surface area contributed by atoms with Crippen LogP contribution in [0.5, 0.6) is 11.5 Å². The lowest BCUT2D eigenvalue weighted by atomic mass is 10.2. The third-order valence-electron chi connectivity index (χ3n) is 5.94. The number of phenolic OH excluding ortho intramolecular Hbond substituents is 1. The molecule has 7 heteroatoms. The molecule has 0 bridgehead atoms. The van der Waals surface area contributed by atoms with Crippen LogP contribution in [0, 0.1) is 0 Å². The molecule has 1 aromatic carbocycles. The number of phenols is 1. The van der Waals surface area contributed by atoms with Gasteiger partial charge in [-0.2, -0.15) is 0 Å². The van der Waals surface area contributed by atoms with Crippen molar-refractivity contribution >= 4 is 22.1 Å². The molecule has 0 aromatic heterocycles. The molecule has 0 fully saturated rings. The van der Waals surface area contributed by atoms with Crippen molar-refractivity contribution in [3.05, 3.63) is 18.2 Å². The largest absolute Gasteiger partial charge is 1.00 e. The molecular weight excluding hydrogens is 491 g/mol. The van der Waals surface area contributed by atoms with Crippen LogP contribution in [0.3, 0.4) is 0 Å². The highest BCUT2D eigenvalue weighted by molar-refractivity contribution is 7.87. The highest BCUT2D eigenvalue weighted by atomic mass is 79.9. The molecule has 1 aromatic rings. The van der Waals surface area contributed by atoms with E-state index >= 15 is 0 Å². The van der Waals surface area contributed by atoms with Gasteiger partial charge in [0.1, 0.15) is 17.0 Å². The molecule has 0 unspecified atom stereocenters. The van der Waals surface area contributed by atoms with Crippen molar-refractivity contribution in [3.8, 4) is 11.5 Å². The molecule has 182 valence electrons. The SMILES string of the molecule is COC(OC)[SiH2]CCCOc1ccc(O)cc1[P+](C(C)(C)C)(C(C)(C)C)C(C)(C)C.[Br-]. The van der Waals surface area contributed by atoms with Crippen molar-refractivity contribution in [1.82, 2.24) is 0 Å². The molecule has 0 aliphatic carbocycles. The molecule has 0 atom stereocenters. The van der Waals surface area contributed by atoms with Crippen LogP contribution in [0.1, 0.15) is 68.7 Å². The zero-order chi connectivity index (χ0) is 23.4. The summed E-state index contributed by atoms with van der Waals surface area (Å²) in [6, 6.07) is 6.80. The molecule has 0 aliphatic heterocycles. The fourth-order valence-electron chi connectivity index (χ4n) is 5.92. The number of aromatic hydroxyl groups is 1. The predicted octanol–water partition coefficient (Wildman–Crippen LogP) is 2.37. The molecule has 0 heterocycles. The minimum atomic E-state index is -1.86. The Labute approximate surface area is 204 Å². The van der Waals surface area contributed by atoms with E-state index in [9.17, 15) is 5.11 Å². The van der Waals surface area contributed by atoms with Gasteiger partial charge in [-0.15, -0.1) is 0 Å². The Hall–Kier alpha value is -0.133. The number of rotatable bonds is 9. The van der Waals surface area contributed by atoms with Gasteiger partial charge in [0.2, 0.25) is 0 Å². The molecule has 0 radical (unpaired) electrons. The fraction of sp³-hybridized carbons (Fsp3) is 0.750. The first-order chi connectivity index (χ1) is 13.6. The van der Waals surface area contributed by atoms with Crippen molar-refractivity contribution in [2.24, 2.45) is 0 Å². The molecule has 0 saturated carbocycles. The van der Waals surface area contributed by atoms with Gasteiger partial charge in [-0.05, 0) is 80.9 Å². The molecule has 1 N–H and O–H groups in total. The van der Waals surface area contributed by atoms with Crippen LogP contribution >= 0.6 is 7.26 Å². The Kier molecular flexibility index (Phi) is 11.8. The van der Waals surface area contributed by atoms with Gasteiger partial charge in [0.15, 0.2) is 5.75 Å². The predicted molar refractivity (Wildman–Crippen MR) is 135 cm³/mol. The van der Waals surface area contributed by atoms with Gasteiger partial charge in [-0.25, -0.2) is 0 Å². The second-order valence-corrected chi connectivity index (χ2v) is 18.9. The van der Waals surface area contributed by atoms with Gasteiger partial charge in [0.25, 0.3) is 0 Å². The van der Waals surface area contributed by atoms with E-state index in [0.29, 0.717) is 12.4 Å². The highest BCUT2D eigenvalue weighted by Gasteiger charge is 2.67. The Bertz CT molecular complexity index is 638. The summed E-state index contributed by atoms with van der Waals surface area (Å²) in [4.78, 5) is 0. The summed E-state index contributed by atoms with van der Waals surface area (Å²) in [5.41, 5.74) is 0. The number of methoxy groups -OCH3 is 2. The molecule has 0 aliphatic rings. The Morgan fingerprint density at radius 2 is 1.39 bits per heavy atom. The van der Waals surface area contributed by atoms with Crippen LogP contribution in [0.4, 0.5) is 0 Å². The van der Waals surface area contributed by atoms with Crippen LogP contribution in [0.25, 0.3) is 0 Å². The third-order valence-corrected chi connectivity index (χ3v) is 15.1. The first-order valence-corrected chi connectivity index (χ1v) is 14.7. The minimum absolute atomic E-state index is 0. The maximum atomic E-state index is 10.5. The van der Waals surface area contributed by atoms with Crippen molar-refractivity contribution in [2.75, 3.05) is 20.8 Å². The third kappa shape index (κ3) is 6.93. The number of hydrogen-bond acceptors (Lipinski definition) is 4. The quantitative estimate of drug-likeness (QED) is 0.228. The van der Waals surface area contributed by atoms with E-state index in [4.69, 9.17) is 14.2 Å². The van der Waals surface area contributed by atoms with Crippen LogP contribution < -0.4 is 27.0 Å². The van der Waals surface area contributed by atoms with Gasteiger partial charge in [0, 0.05) is 20.3 Å². The van der Waals surface area contributed by atoms with Crippen LogP contribution in [0.15, 0.2) is 18.2 Å². The van der Waals surface area contributed by atoms with Gasteiger partial charge < -0.3 is 36.3 Å². The monoisotopic (exact) mass is 536 g/mol. The van der Waals surface area contributed by atoms with E-state index in [2.05, 4.69) is 62.3 Å². The topological polar surface area (TPSA) is 47.9 Å². The smallest absolute Gasteiger partial charge is 0.161 e. The van der Waals surface area contributed by atoms with E-state index in [1.165, 1.54) is 5.30 Å². The average molecular weight is 538 g/mol. The molecule has 0 amide bonds. The summed E-state index contributed by atoms with van der Waals surface area (Å²) in [6.07, 6.45) is 0.988. The number of ether oxygens (including phenoxy) is 3. The van der Waals surface area contributed by atoms with E-state index in [1.54, 1.807) is 20.3 Å². The average Bonchev–Trinajstić information content (AvgIpc) is 2.56. The van der Waals surface area contributed by atoms with Gasteiger partial charge in [0.05, 0.1) is 38.9 Å². The summed E-state index contributed by atoms with van der Waals surface area (Å²) in [5.74, 6) is 1.23. The second-order valence-electron chi connectivity index (χ2n) is 11.1. The normalized spacial score (nSPS) is 13.7. The lowest BCUT2D eigenvalue weighted by Crippen LogP contribution is -3.00. The van der Waals surface area contributed by atoms with Crippen LogP contribution in [-0.4, -0.2) is 56.8 Å². The summed E-state index contributed by atoms with van der Waals surface area (Å²) in [7, 11) is 1.10. The zero-order valence-corrected chi connectivity index (χ0v) is 25.5. The van der Waals surface area contributed by atoms with Gasteiger partial charge in [-0.1, -0.05) is 6.04 Å². The first kappa shape index (κ1) is 30.9. The molecule has 1 rings (SSSR count). The zero-order valence-electron chi connectivity index (χ0n) is 21.6. The molecular formula is C24H46BrO4PSi. The molecule has 0 spiro atoms. The first-order valence-electron chi connectivity index (χ1n) is 11.0. The molecule has 31 heavy (non-hydrogen) atoms. The summed E-state index contributed by atoms with van der Waals surface area (Å²) in [6.45, 7) is 21.9. The fourth-order valence-corrected chi connectivity index (χ4v) is 16.2. The summed E-state index contributed by atoms with van der Waals surface area (Å²) >= 11 is 0. The van der Waals surface area contributed by atoms with Crippen molar-refractivity contribution in [2.45, 2.75) is 96.2 Å².